The maximum Gasteiger partial charge on any atom is 0.573 e. The van der Waals surface area contributed by atoms with Crippen molar-refractivity contribution in [1.82, 2.24) is 9.97 Å². The van der Waals surface area contributed by atoms with E-state index < -0.39 is 35.3 Å². The van der Waals surface area contributed by atoms with E-state index in [1.165, 1.54) is 18.2 Å². The van der Waals surface area contributed by atoms with Crippen LogP contribution >= 0.6 is 0 Å². The van der Waals surface area contributed by atoms with Crippen LogP contribution in [-0.2, 0) is 0 Å². The first-order chi connectivity index (χ1) is 15.1. The third kappa shape index (κ3) is 5.80. The summed E-state index contributed by atoms with van der Waals surface area (Å²) in [6.45, 7) is 3.74. The number of aromatic nitrogens is 2. The molecule has 2 aromatic carbocycles. The lowest BCUT2D eigenvalue weighted by atomic mass is 10.1. The van der Waals surface area contributed by atoms with Gasteiger partial charge in [-0.05, 0) is 37.6 Å². The zero-order valence-electron chi connectivity index (χ0n) is 16.9. The minimum atomic E-state index is -4.88. The van der Waals surface area contributed by atoms with E-state index in [0.717, 1.165) is 18.2 Å². The van der Waals surface area contributed by atoms with Gasteiger partial charge in [-0.25, -0.2) is 18.2 Å². The third-order valence-corrected chi connectivity index (χ3v) is 4.37. The van der Waals surface area contributed by atoms with E-state index in [9.17, 15) is 26.3 Å². The molecule has 2 N–H and O–H groups in total. The normalized spacial score (nSPS) is 12.4. The van der Waals surface area contributed by atoms with E-state index in [0.29, 0.717) is 12.5 Å². The molecular formula is C21H18F6N4O. The van der Waals surface area contributed by atoms with Crippen LogP contribution in [0.2, 0.25) is 0 Å². The fourth-order valence-corrected chi connectivity index (χ4v) is 2.67. The van der Waals surface area contributed by atoms with Crippen LogP contribution in [-0.4, -0.2) is 22.4 Å². The number of ether oxygens (including phenoxy) is 1. The fourth-order valence-electron chi connectivity index (χ4n) is 2.67. The highest BCUT2D eigenvalue weighted by Crippen LogP contribution is 2.30. The highest BCUT2D eigenvalue weighted by Gasteiger charge is 2.31. The first-order valence-corrected chi connectivity index (χ1v) is 9.48. The number of benzene rings is 2. The Hall–Kier alpha value is -3.50. The molecule has 0 unspecified atom stereocenters. The van der Waals surface area contributed by atoms with Crippen molar-refractivity contribution in [1.29, 1.82) is 0 Å². The molecule has 0 amide bonds. The van der Waals surface area contributed by atoms with E-state index in [1.807, 2.05) is 13.8 Å². The van der Waals surface area contributed by atoms with Gasteiger partial charge in [0.05, 0.1) is 5.69 Å². The molecule has 0 aliphatic heterocycles. The maximum absolute atomic E-state index is 14.1. The number of anilines is 3. The molecule has 0 aliphatic rings. The van der Waals surface area contributed by atoms with Gasteiger partial charge >= 0.3 is 6.36 Å². The minimum absolute atomic E-state index is 0.0544. The smallest absolute Gasteiger partial charge is 0.406 e. The molecule has 0 bridgehead atoms. The molecule has 3 aromatic rings. The first kappa shape index (κ1) is 23.2. The van der Waals surface area contributed by atoms with Crippen LogP contribution in [0, 0.1) is 17.5 Å². The molecule has 0 saturated heterocycles. The van der Waals surface area contributed by atoms with Crippen LogP contribution in [0.1, 0.15) is 20.3 Å². The largest absolute Gasteiger partial charge is 0.573 e. The summed E-state index contributed by atoms with van der Waals surface area (Å²) in [6.07, 6.45) is -4.19. The molecule has 11 heteroatoms. The van der Waals surface area contributed by atoms with Crippen LogP contribution in [0.4, 0.5) is 43.8 Å². The number of hydrogen-bond acceptors (Lipinski definition) is 5. The zero-order valence-corrected chi connectivity index (χ0v) is 16.9. The molecule has 1 atom stereocenters. The Morgan fingerprint density at radius 1 is 1.00 bits per heavy atom. The van der Waals surface area contributed by atoms with Gasteiger partial charge in [0.15, 0.2) is 11.6 Å². The Bertz CT molecular complexity index is 1110. The zero-order chi connectivity index (χ0) is 23.5. The van der Waals surface area contributed by atoms with Gasteiger partial charge in [-0.1, -0.05) is 19.1 Å². The van der Waals surface area contributed by atoms with E-state index in [-0.39, 0.29) is 29.1 Å². The first-order valence-electron chi connectivity index (χ1n) is 9.48. The molecule has 0 saturated carbocycles. The van der Waals surface area contributed by atoms with E-state index >= 15 is 0 Å². The molecule has 1 aromatic heterocycles. The topological polar surface area (TPSA) is 59.1 Å². The van der Waals surface area contributed by atoms with Gasteiger partial charge in [0.2, 0.25) is 5.95 Å². The second-order valence-corrected chi connectivity index (χ2v) is 6.83. The van der Waals surface area contributed by atoms with Gasteiger partial charge in [0.25, 0.3) is 0 Å². The number of halogens is 6. The molecule has 0 fully saturated rings. The van der Waals surface area contributed by atoms with E-state index in [4.69, 9.17) is 0 Å². The van der Waals surface area contributed by atoms with Crippen molar-refractivity contribution in [3.8, 4) is 17.0 Å². The second kappa shape index (κ2) is 9.33. The predicted molar refractivity (Wildman–Crippen MR) is 107 cm³/mol. The molecule has 5 nitrogen and oxygen atoms in total. The molecule has 0 aliphatic carbocycles. The van der Waals surface area contributed by atoms with E-state index in [2.05, 4.69) is 25.3 Å². The SMILES string of the molecule is CC[C@@H](C)Nc1nc(Nc2c(F)ccc(F)c2F)cc(-c2cccc(OC(F)(F)F)c2)n1. The summed E-state index contributed by atoms with van der Waals surface area (Å²) in [5, 5.41) is 5.37. The Kier molecular flexibility index (Phi) is 6.75. The van der Waals surface area contributed by atoms with Crippen molar-refractivity contribution in [2.45, 2.75) is 32.7 Å². The van der Waals surface area contributed by atoms with Crippen molar-refractivity contribution >= 4 is 17.5 Å². The fraction of sp³-hybridized carbons (Fsp3) is 0.238. The minimum Gasteiger partial charge on any atom is -0.406 e. The van der Waals surface area contributed by atoms with Gasteiger partial charge in [0, 0.05) is 17.7 Å². The Balaban J connectivity index is 2.05. The highest BCUT2D eigenvalue weighted by molar-refractivity contribution is 5.68. The van der Waals surface area contributed by atoms with Crippen molar-refractivity contribution < 1.29 is 31.1 Å². The van der Waals surface area contributed by atoms with Crippen LogP contribution in [0.15, 0.2) is 42.5 Å². The van der Waals surface area contributed by atoms with E-state index in [1.54, 1.807) is 0 Å². The van der Waals surface area contributed by atoms with Crippen LogP contribution in [0.25, 0.3) is 11.3 Å². The van der Waals surface area contributed by atoms with Crippen LogP contribution in [0.3, 0.4) is 0 Å². The standard InChI is InChI=1S/C21H18F6N4O/c1-3-11(2)28-20-29-16(12-5-4-6-13(9-12)32-21(25,26)27)10-17(31-20)30-19-15(23)8-7-14(22)18(19)24/h4-11H,3H2,1-2H3,(H2,28,29,30,31)/t11-/m1/s1. The lowest BCUT2D eigenvalue weighted by Gasteiger charge is -2.16. The average molecular weight is 456 g/mol. The summed E-state index contributed by atoms with van der Waals surface area (Å²) >= 11 is 0. The molecule has 170 valence electrons. The lowest BCUT2D eigenvalue weighted by Crippen LogP contribution is -2.17. The number of alkyl halides is 3. The Labute approximate surface area is 179 Å². The summed E-state index contributed by atoms with van der Waals surface area (Å²) in [4.78, 5) is 8.41. The summed E-state index contributed by atoms with van der Waals surface area (Å²) < 4.78 is 83.3. The number of nitrogens with zero attached hydrogens (tertiary/aromatic N) is 2. The average Bonchev–Trinajstić information content (AvgIpc) is 2.72. The van der Waals surface area contributed by atoms with Crippen molar-refractivity contribution in [2.24, 2.45) is 0 Å². The highest BCUT2D eigenvalue weighted by atomic mass is 19.4. The lowest BCUT2D eigenvalue weighted by molar-refractivity contribution is -0.274. The molecule has 3 rings (SSSR count). The number of rotatable bonds is 7. The Morgan fingerprint density at radius 3 is 2.41 bits per heavy atom. The summed E-state index contributed by atoms with van der Waals surface area (Å²) in [5.74, 6) is -4.28. The van der Waals surface area contributed by atoms with Crippen molar-refractivity contribution in [3.63, 3.8) is 0 Å². The van der Waals surface area contributed by atoms with Gasteiger partial charge in [-0.2, -0.15) is 4.98 Å². The summed E-state index contributed by atoms with van der Waals surface area (Å²) in [7, 11) is 0. The maximum atomic E-state index is 14.1. The summed E-state index contributed by atoms with van der Waals surface area (Å²) in [6, 6.07) is 7.61. The van der Waals surface area contributed by atoms with Crippen LogP contribution < -0.4 is 15.4 Å². The molecule has 32 heavy (non-hydrogen) atoms. The number of hydrogen-bond donors (Lipinski definition) is 2. The van der Waals surface area contributed by atoms with Crippen LogP contribution in [0.5, 0.6) is 5.75 Å². The predicted octanol–water partition coefficient (Wildman–Crippen LogP) is 6.41. The third-order valence-electron chi connectivity index (χ3n) is 4.37. The van der Waals surface area contributed by atoms with Gasteiger partial charge in [0.1, 0.15) is 23.1 Å². The second-order valence-electron chi connectivity index (χ2n) is 6.83. The molecule has 1 heterocycles. The number of nitrogens with one attached hydrogen (secondary N) is 2. The Morgan fingerprint density at radius 2 is 1.72 bits per heavy atom. The van der Waals surface area contributed by atoms with Gasteiger partial charge in [-0.3, -0.25) is 0 Å². The molecule has 0 spiro atoms. The van der Waals surface area contributed by atoms with Gasteiger partial charge < -0.3 is 15.4 Å². The van der Waals surface area contributed by atoms with Crippen molar-refractivity contribution in [2.75, 3.05) is 10.6 Å². The van der Waals surface area contributed by atoms with Gasteiger partial charge in [-0.15, -0.1) is 13.2 Å². The quantitative estimate of drug-likeness (QED) is 0.318. The molecular weight excluding hydrogens is 438 g/mol. The monoisotopic (exact) mass is 456 g/mol. The molecule has 0 radical (unpaired) electrons. The van der Waals surface area contributed by atoms with Crippen molar-refractivity contribution in [3.05, 3.63) is 59.9 Å². The summed E-state index contributed by atoms with van der Waals surface area (Å²) in [5.41, 5.74) is -0.402.